The molecule has 2 N–H and O–H groups in total. The molecular formula is C15H6F10N4O4S. The number of hydrogen-bond acceptors (Lipinski definition) is 6. The Hall–Kier alpha value is -3.38. The summed E-state index contributed by atoms with van der Waals surface area (Å²) in [6.45, 7) is 0. The standard InChI is InChI=1S/C15H6F10N4O4S/c16-7(13(17,18)19)8-12(14(20,21)22,15(23,24)25)28-11(34-8)27-10(31)26-9(30)5-3-1-2-4-6(5)29(32)33/h1-4H,(H2,26,27,28,30,31). The highest BCUT2D eigenvalue weighted by Crippen LogP contribution is 2.59. The van der Waals surface area contributed by atoms with Crippen molar-refractivity contribution in [2.45, 2.75) is 24.1 Å². The number of imide groups is 1. The van der Waals surface area contributed by atoms with Crippen LogP contribution in [-0.4, -0.2) is 46.1 Å². The Morgan fingerprint density at radius 2 is 1.53 bits per heavy atom. The zero-order chi connectivity index (χ0) is 26.3. The molecule has 0 saturated heterocycles. The second kappa shape index (κ2) is 8.76. The lowest BCUT2D eigenvalue weighted by atomic mass is 9.97. The number of hydrogen-bond donors (Lipinski definition) is 2. The van der Waals surface area contributed by atoms with Crippen molar-refractivity contribution in [3.05, 3.63) is 50.7 Å². The molecule has 0 unspecified atom stereocenters. The number of carbonyl (C=O) groups is 2. The Morgan fingerprint density at radius 3 is 2.00 bits per heavy atom. The first-order valence-corrected chi connectivity index (χ1v) is 8.89. The van der Waals surface area contributed by atoms with E-state index in [0.717, 1.165) is 24.3 Å². The highest BCUT2D eigenvalue weighted by Gasteiger charge is 2.77. The fraction of sp³-hybridized carbons (Fsp3) is 0.267. The average molecular weight is 528 g/mol. The Balaban J connectivity index is 2.44. The number of rotatable bonds is 2. The van der Waals surface area contributed by atoms with E-state index in [1.54, 1.807) is 0 Å². The number of nitro groups is 1. The number of urea groups is 1. The van der Waals surface area contributed by atoms with E-state index in [-0.39, 0.29) is 0 Å². The van der Waals surface area contributed by atoms with Crippen LogP contribution in [0.5, 0.6) is 0 Å². The van der Waals surface area contributed by atoms with Crippen molar-refractivity contribution in [3.63, 3.8) is 0 Å². The predicted molar refractivity (Wildman–Crippen MR) is 93.2 cm³/mol. The number of amidine groups is 1. The third-order valence-electron chi connectivity index (χ3n) is 3.86. The van der Waals surface area contributed by atoms with Crippen molar-refractivity contribution in [2.75, 3.05) is 0 Å². The molecule has 1 aromatic rings. The van der Waals surface area contributed by atoms with Crippen molar-refractivity contribution >= 4 is 34.6 Å². The van der Waals surface area contributed by atoms with E-state index < -0.39 is 79.8 Å². The molecule has 19 heteroatoms. The number of allylic oxidation sites excluding steroid dienone is 1. The molecule has 0 saturated carbocycles. The number of benzene rings is 1. The highest BCUT2D eigenvalue weighted by atomic mass is 32.2. The zero-order valence-electron chi connectivity index (χ0n) is 15.5. The van der Waals surface area contributed by atoms with Crippen molar-refractivity contribution < 1.29 is 58.4 Å². The van der Waals surface area contributed by atoms with Gasteiger partial charge in [-0.3, -0.25) is 25.5 Å². The number of alkyl halides is 9. The normalized spacial score (nSPS) is 17.6. The quantitative estimate of drug-likeness (QED) is 0.327. The minimum Gasteiger partial charge on any atom is -0.286 e. The minimum atomic E-state index is -6.64. The lowest BCUT2D eigenvalue weighted by Gasteiger charge is -2.31. The van der Waals surface area contributed by atoms with E-state index in [2.05, 4.69) is 4.99 Å². The number of thioether (sulfide) groups is 1. The van der Waals surface area contributed by atoms with Crippen LogP contribution in [0.2, 0.25) is 0 Å². The monoisotopic (exact) mass is 528 g/mol. The molecule has 0 aliphatic carbocycles. The van der Waals surface area contributed by atoms with Gasteiger partial charge in [-0.05, 0) is 6.07 Å². The molecule has 1 aromatic carbocycles. The third kappa shape index (κ3) is 4.92. The Morgan fingerprint density at radius 1 is 1.00 bits per heavy atom. The van der Waals surface area contributed by atoms with Gasteiger partial charge in [-0.25, -0.2) is 14.2 Å². The predicted octanol–water partition coefficient (Wildman–Crippen LogP) is 4.74. The highest BCUT2D eigenvalue weighted by molar-refractivity contribution is 8.17. The first-order valence-electron chi connectivity index (χ1n) is 8.07. The number of amides is 3. The van der Waals surface area contributed by atoms with E-state index in [1.807, 2.05) is 0 Å². The smallest absolute Gasteiger partial charge is 0.286 e. The summed E-state index contributed by atoms with van der Waals surface area (Å²) in [6, 6.07) is 1.95. The minimum absolute atomic E-state index is 0.757. The lowest BCUT2D eigenvalue weighted by molar-refractivity contribution is -0.385. The molecule has 0 atom stereocenters. The number of nitro benzene ring substituents is 1. The molecule has 1 aliphatic rings. The zero-order valence-corrected chi connectivity index (χ0v) is 16.3. The second-order valence-electron chi connectivity index (χ2n) is 6.05. The molecule has 0 bridgehead atoms. The van der Waals surface area contributed by atoms with Crippen molar-refractivity contribution in [3.8, 4) is 0 Å². The Kier molecular flexibility index (Phi) is 6.92. The van der Waals surface area contributed by atoms with Crippen LogP contribution in [0.4, 0.5) is 54.4 Å². The maximum Gasteiger partial charge on any atom is 0.443 e. The molecule has 1 aliphatic heterocycles. The van der Waals surface area contributed by atoms with Crippen molar-refractivity contribution in [1.29, 1.82) is 0 Å². The SMILES string of the molecule is O=C(NC(=O)c1ccccc1[N+](=O)[O-])NC1=NC(C(F)(F)F)(C(F)(F)F)C(=C(F)C(F)(F)F)S1. The summed E-state index contributed by atoms with van der Waals surface area (Å²) in [5.41, 5.74) is -7.31. The van der Waals surface area contributed by atoms with Gasteiger partial charge in [0.05, 0.1) is 9.83 Å². The first-order chi connectivity index (χ1) is 15.3. The van der Waals surface area contributed by atoms with Crippen LogP contribution in [0, 0.1) is 10.1 Å². The topological polar surface area (TPSA) is 114 Å². The van der Waals surface area contributed by atoms with Gasteiger partial charge in [0.2, 0.25) is 5.83 Å². The van der Waals surface area contributed by atoms with Gasteiger partial charge in [-0.2, -0.15) is 39.5 Å². The maximum atomic E-state index is 13.6. The van der Waals surface area contributed by atoms with Crippen LogP contribution < -0.4 is 10.6 Å². The van der Waals surface area contributed by atoms with Crippen LogP contribution in [0.3, 0.4) is 0 Å². The van der Waals surface area contributed by atoms with Gasteiger partial charge in [-0.15, -0.1) is 0 Å². The van der Waals surface area contributed by atoms with E-state index in [1.165, 1.54) is 10.6 Å². The first kappa shape index (κ1) is 26.9. The van der Waals surface area contributed by atoms with E-state index >= 15 is 0 Å². The van der Waals surface area contributed by atoms with E-state index in [9.17, 15) is 63.6 Å². The molecule has 3 amide bonds. The molecule has 186 valence electrons. The number of carbonyl (C=O) groups excluding carboxylic acids is 2. The Bertz CT molecular complexity index is 1080. The summed E-state index contributed by atoms with van der Waals surface area (Å²) in [5, 5.41) is 11.6. The molecule has 8 nitrogen and oxygen atoms in total. The molecule has 34 heavy (non-hydrogen) atoms. The van der Waals surface area contributed by atoms with Crippen molar-refractivity contribution in [1.82, 2.24) is 10.6 Å². The summed E-state index contributed by atoms with van der Waals surface area (Å²) in [4.78, 5) is 32.8. The molecule has 2 rings (SSSR count). The number of nitrogens with one attached hydrogen (secondary N) is 2. The van der Waals surface area contributed by atoms with E-state index in [0.29, 0.717) is 0 Å². The third-order valence-corrected chi connectivity index (χ3v) is 4.92. The van der Waals surface area contributed by atoms with Crippen LogP contribution in [0.1, 0.15) is 10.4 Å². The van der Waals surface area contributed by atoms with Gasteiger partial charge in [0.25, 0.3) is 17.1 Å². The van der Waals surface area contributed by atoms with Gasteiger partial charge in [0.15, 0.2) is 5.17 Å². The van der Waals surface area contributed by atoms with Gasteiger partial charge in [-0.1, -0.05) is 23.9 Å². The van der Waals surface area contributed by atoms with Crippen LogP contribution in [-0.2, 0) is 0 Å². The van der Waals surface area contributed by atoms with Crippen LogP contribution in [0.15, 0.2) is 40.0 Å². The molecular weight excluding hydrogens is 522 g/mol. The van der Waals surface area contributed by atoms with Gasteiger partial charge in [0.1, 0.15) is 5.56 Å². The lowest BCUT2D eigenvalue weighted by Crippen LogP contribution is -2.55. The summed E-state index contributed by atoms with van der Waals surface area (Å²) in [6.07, 6.45) is -19.6. The fourth-order valence-electron chi connectivity index (χ4n) is 2.45. The summed E-state index contributed by atoms with van der Waals surface area (Å²) in [7, 11) is 0. The number of aliphatic imine (C=N–C) groups is 1. The molecule has 1 heterocycles. The second-order valence-corrected chi connectivity index (χ2v) is 7.05. The molecule has 0 spiro atoms. The molecule has 0 fully saturated rings. The summed E-state index contributed by atoms with van der Waals surface area (Å²) >= 11 is -1.13. The van der Waals surface area contributed by atoms with Gasteiger partial charge in [0, 0.05) is 6.07 Å². The largest absolute Gasteiger partial charge is 0.443 e. The molecule has 0 aromatic heterocycles. The Labute approximate surface area is 184 Å². The maximum absolute atomic E-state index is 13.6. The van der Waals surface area contributed by atoms with E-state index in [4.69, 9.17) is 0 Å². The number of nitrogens with zero attached hydrogens (tertiary/aromatic N) is 2. The number of para-hydroxylation sites is 1. The van der Waals surface area contributed by atoms with Crippen molar-refractivity contribution in [2.24, 2.45) is 4.99 Å². The average Bonchev–Trinajstić information content (AvgIpc) is 3.06. The van der Waals surface area contributed by atoms with Crippen LogP contribution >= 0.6 is 11.8 Å². The van der Waals surface area contributed by atoms with Crippen LogP contribution in [0.25, 0.3) is 0 Å². The fourth-order valence-corrected chi connectivity index (χ4v) is 3.60. The van der Waals surface area contributed by atoms with Gasteiger partial charge < -0.3 is 0 Å². The number of halogens is 10. The molecule has 0 radical (unpaired) electrons. The van der Waals surface area contributed by atoms with Gasteiger partial charge >= 0.3 is 24.6 Å². The summed E-state index contributed by atoms with van der Waals surface area (Å²) in [5.74, 6) is -5.31. The summed E-state index contributed by atoms with van der Waals surface area (Å²) < 4.78 is 131.